The van der Waals surface area contributed by atoms with Gasteiger partial charge in [0.1, 0.15) is 5.75 Å². The third kappa shape index (κ3) is 4.47. The molecule has 114 valence electrons. The highest BCUT2D eigenvalue weighted by molar-refractivity contribution is 5.46. The number of rotatable bonds is 9. The maximum absolute atomic E-state index is 5.58. The van der Waals surface area contributed by atoms with E-state index in [1.807, 2.05) is 7.05 Å². The summed E-state index contributed by atoms with van der Waals surface area (Å²) in [7, 11) is 5.38. The lowest BCUT2D eigenvalue weighted by molar-refractivity contribution is 0.0660. The number of aryl methyl sites for hydroxylation is 1. The van der Waals surface area contributed by atoms with E-state index in [9.17, 15) is 0 Å². The molecule has 0 aliphatic heterocycles. The second-order valence-corrected chi connectivity index (χ2v) is 4.87. The number of hydrogen-bond donors (Lipinski definition) is 1. The van der Waals surface area contributed by atoms with Crippen LogP contribution in [0.25, 0.3) is 0 Å². The summed E-state index contributed by atoms with van der Waals surface area (Å²) in [4.78, 5) is 0. The summed E-state index contributed by atoms with van der Waals surface area (Å²) in [6, 6.07) is 4.51. The van der Waals surface area contributed by atoms with Crippen molar-refractivity contribution >= 4 is 0 Å². The van der Waals surface area contributed by atoms with Gasteiger partial charge < -0.3 is 19.5 Å². The van der Waals surface area contributed by atoms with Crippen molar-refractivity contribution in [1.82, 2.24) is 5.32 Å². The Kier molecular flexibility index (Phi) is 7.59. The maximum Gasteiger partial charge on any atom is 0.126 e. The first kappa shape index (κ1) is 17.0. The van der Waals surface area contributed by atoms with Crippen molar-refractivity contribution in [1.29, 1.82) is 0 Å². The molecule has 0 saturated carbocycles. The summed E-state index contributed by atoms with van der Waals surface area (Å²) < 4.78 is 16.1. The minimum absolute atomic E-state index is 0.229. The fourth-order valence-corrected chi connectivity index (χ4v) is 2.26. The summed E-state index contributed by atoms with van der Waals surface area (Å²) in [5, 5.41) is 3.34. The van der Waals surface area contributed by atoms with Gasteiger partial charge in [-0.1, -0.05) is 12.1 Å². The molecule has 4 heteroatoms. The van der Waals surface area contributed by atoms with Gasteiger partial charge in [0.05, 0.1) is 20.3 Å². The predicted molar refractivity (Wildman–Crippen MR) is 81.6 cm³/mol. The third-order valence-corrected chi connectivity index (χ3v) is 3.62. The molecule has 0 aliphatic rings. The highest BCUT2D eigenvalue weighted by Gasteiger charge is 2.16. The molecule has 0 amide bonds. The molecule has 0 radical (unpaired) electrons. The van der Waals surface area contributed by atoms with Gasteiger partial charge in [-0.05, 0) is 38.4 Å². The number of ether oxygens (including phenoxy) is 3. The summed E-state index contributed by atoms with van der Waals surface area (Å²) in [6.07, 6.45) is 0.902. The quantitative estimate of drug-likeness (QED) is 0.706. The Morgan fingerprint density at radius 1 is 1.10 bits per heavy atom. The number of nitrogens with one attached hydrogen (secondary N) is 1. The molecule has 4 nitrogen and oxygen atoms in total. The molecule has 1 rings (SSSR count). The van der Waals surface area contributed by atoms with Crippen molar-refractivity contribution in [3.05, 3.63) is 28.8 Å². The fourth-order valence-electron chi connectivity index (χ4n) is 2.26. The molecule has 0 spiro atoms. The zero-order valence-electron chi connectivity index (χ0n) is 13.3. The molecular weight excluding hydrogens is 254 g/mol. The summed E-state index contributed by atoms with van der Waals surface area (Å²) in [5.41, 5.74) is 3.63. The van der Waals surface area contributed by atoms with Crippen LogP contribution in [0.1, 0.15) is 29.2 Å². The van der Waals surface area contributed by atoms with Crippen LogP contribution in [0, 0.1) is 13.8 Å². The summed E-state index contributed by atoms with van der Waals surface area (Å²) >= 11 is 0. The first-order valence-corrected chi connectivity index (χ1v) is 7.03. The van der Waals surface area contributed by atoms with Gasteiger partial charge in [-0.15, -0.1) is 0 Å². The van der Waals surface area contributed by atoms with E-state index in [1.165, 1.54) is 16.7 Å². The highest BCUT2D eigenvalue weighted by atomic mass is 16.5. The minimum atomic E-state index is 0.229. The zero-order chi connectivity index (χ0) is 15.0. The van der Waals surface area contributed by atoms with E-state index >= 15 is 0 Å². The minimum Gasteiger partial charge on any atom is -0.496 e. The Hall–Kier alpha value is -1.10. The molecule has 0 aliphatic carbocycles. The molecule has 0 saturated heterocycles. The van der Waals surface area contributed by atoms with Crippen molar-refractivity contribution in [3.8, 4) is 5.75 Å². The van der Waals surface area contributed by atoms with Crippen molar-refractivity contribution in [2.45, 2.75) is 26.3 Å². The van der Waals surface area contributed by atoms with E-state index < -0.39 is 0 Å². The molecule has 0 bridgehead atoms. The van der Waals surface area contributed by atoms with Gasteiger partial charge in [-0.25, -0.2) is 0 Å². The monoisotopic (exact) mass is 281 g/mol. The van der Waals surface area contributed by atoms with Crippen molar-refractivity contribution in [2.75, 3.05) is 41.1 Å². The Labute approximate surface area is 122 Å². The Balaban J connectivity index is 2.72. The van der Waals surface area contributed by atoms with E-state index in [4.69, 9.17) is 14.2 Å². The Bertz CT molecular complexity index is 407. The number of benzene rings is 1. The molecule has 1 atom stereocenters. The van der Waals surface area contributed by atoms with Crippen LogP contribution in [-0.4, -0.2) is 41.1 Å². The molecule has 1 aromatic rings. The van der Waals surface area contributed by atoms with Gasteiger partial charge in [0.25, 0.3) is 0 Å². The molecule has 0 heterocycles. The standard InChI is InChI=1S/C16H27NO3/c1-12-6-7-14(16(19-5)13(12)2)15(17-3)8-9-20-11-10-18-4/h6-7,15,17H,8-11H2,1-5H3. The van der Waals surface area contributed by atoms with Crippen LogP contribution in [0.2, 0.25) is 0 Å². The van der Waals surface area contributed by atoms with Gasteiger partial charge in [0, 0.05) is 25.3 Å². The third-order valence-electron chi connectivity index (χ3n) is 3.62. The van der Waals surface area contributed by atoms with Crippen LogP contribution in [0.15, 0.2) is 12.1 Å². The molecule has 1 unspecified atom stereocenters. The van der Waals surface area contributed by atoms with E-state index in [-0.39, 0.29) is 6.04 Å². The fraction of sp³-hybridized carbons (Fsp3) is 0.625. The zero-order valence-corrected chi connectivity index (χ0v) is 13.3. The molecular formula is C16H27NO3. The van der Waals surface area contributed by atoms with E-state index in [0.717, 1.165) is 12.2 Å². The lowest BCUT2D eigenvalue weighted by Crippen LogP contribution is -2.20. The lowest BCUT2D eigenvalue weighted by atomic mass is 9.97. The molecule has 0 aromatic heterocycles. The summed E-state index contributed by atoms with van der Waals surface area (Å²) in [5.74, 6) is 0.973. The summed E-state index contributed by atoms with van der Waals surface area (Å²) in [6.45, 7) is 6.17. The van der Waals surface area contributed by atoms with Crippen molar-refractivity contribution in [2.24, 2.45) is 0 Å². The topological polar surface area (TPSA) is 39.7 Å². The predicted octanol–water partition coefficient (Wildman–Crippen LogP) is 2.63. The van der Waals surface area contributed by atoms with E-state index in [0.29, 0.717) is 19.8 Å². The smallest absolute Gasteiger partial charge is 0.126 e. The lowest BCUT2D eigenvalue weighted by Gasteiger charge is -2.21. The first-order valence-electron chi connectivity index (χ1n) is 7.03. The van der Waals surface area contributed by atoms with Gasteiger partial charge in [-0.3, -0.25) is 0 Å². The van der Waals surface area contributed by atoms with Gasteiger partial charge >= 0.3 is 0 Å². The average molecular weight is 281 g/mol. The SMILES string of the molecule is CNC(CCOCCOC)c1ccc(C)c(C)c1OC. The molecule has 1 N–H and O–H groups in total. The van der Waals surface area contributed by atoms with Gasteiger partial charge in [-0.2, -0.15) is 0 Å². The largest absolute Gasteiger partial charge is 0.496 e. The van der Waals surface area contributed by atoms with Crippen molar-refractivity contribution < 1.29 is 14.2 Å². The Morgan fingerprint density at radius 3 is 2.45 bits per heavy atom. The van der Waals surface area contributed by atoms with E-state index in [2.05, 4.69) is 31.3 Å². The normalized spacial score (nSPS) is 12.4. The molecule has 0 fully saturated rings. The molecule has 1 aromatic carbocycles. The Morgan fingerprint density at radius 2 is 1.85 bits per heavy atom. The van der Waals surface area contributed by atoms with Crippen molar-refractivity contribution in [3.63, 3.8) is 0 Å². The van der Waals surface area contributed by atoms with Crippen LogP contribution >= 0.6 is 0 Å². The number of hydrogen-bond acceptors (Lipinski definition) is 4. The second kappa shape index (κ2) is 8.95. The van der Waals surface area contributed by atoms with Crippen LogP contribution in [0.3, 0.4) is 0 Å². The van der Waals surface area contributed by atoms with Crippen LogP contribution in [-0.2, 0) is 9.47 Å². The van der Waals surface area contributed by atoms with Gasteiger partial charge in [0.15, 0.2) is 0 Å². The van der Waals surface area contributed by atoms with Crippen LogP contribution < -0.4 is 10.1 Å². The second-order valence-electron chi connectivity index (χ2n) is 4.87. The highest BCUT2D eigenvalue weighted by Crippen LogP contribution is 2.32. The average Bonchev–Trinajstić information content (AvgIpc) is 2.46. The van der Waals surface area contributed by atoms with Crippen LogP contribution in [0.4, 0.5) is 0 Å². The van der Waals surface area contributed by atoms with E-state index in [1.54, 1.807) is 14.2 Å². The molecule has 20 heavy (non-hydrogen) atoms. The first-order chi connectivity index (χ1) is 9.65. The maximum atomic E-state index is 5.58. The van der Waals surface area contributed by atoms with Crippen LogP contribution in [0.5, 0.6) is 5.75 Å². The van der Waals surface area contributed by atoms with Gasteiger partial charge in [0.2, 0.25) is 0 Å². The number of methoxy groups -OCH3 is 2.